The lowest BCUT2D eigenvalue weighted by atomic mass is 10.1. The Bertz CT molecular complexity index is 329. The van der Waals surface area contributed by atoms with E-state index in [4.69, 9.17) is 0 Å². The Labute approximate surface area is 99.0 Å². The molecule has 0 saturated carbocycles. The zero-order valence-corrected chi connectivity index (χ0v) is 10.5. The summed E-state index contributed by atoms with van der Waals surface area (Å²) in [6.07, 6.45) is 3.10. The fourth-order valence-electron chi connectivity index (χ4n) is 1.95. The Kier molecular flexibility index (Phi) is 3.59. The van der Waals surface area contributed by atoms with Crippen molar-refractivity contribution in [3.8, 4) is 0 Å². The second-order valence-electron chi connectivity index (χ2n) is 4.13. The summed E-state index contributed by atoms with van der Waals surface area (Å²) in [7, 11) is 2.18. The minimum absolute atomic E-state index is 0.754. The van der Waals surface area contributed by atoms with Crippen LogP contribution in [-0.2, 0) is 0 Å². The number of nitrogens with zero attached hydrogens (tertiary/aromatic N) is 2. The molecule has 0 radical (unpaired) electrons. The van der Waals surface area contributed by atoms with E-state index in [9.17, 15) is 0 Å². The quantitative estimate of drug-likeness (QED) is 0.912. The van der Waals surface area contributed by atoms with Crippen LogP contribution in [0.15, 0.2) is 22.8 Å². The first-order valence-corrected chi connectivity index (χ1v) is 6.08. The molecule has 1 atom stereocenters. The summed E-state index contributed by atoms with van der Waals surface area (Å²) in [4.78, 5) is 6.66. The number of nitrogens with one attached hydrogen (secondary N) is 1. The highest BCUT2D eigenvalue weighted by molar-refractivity contribution is 9.10. The van der Waals surface area contributed by atoms with Gasteiger partial charge in [0.2, 0.25) is 0 Å². The van der Waals surface area contributed by atoms with Crippen molar-refractivity contribution in [1.82, 2.24) is 9.88 Å². The van der Waals surface area contributed by atoms with Gasteiger partial charge in [0.15, 0.2) is 0 Å². The number of anilines is 1. The van der Waals surface area contributed by atoms with Crippen LogP contribution < -0.4 is 5.32 Å². The van der Waals surface area contributed by atoms with Gasteiger partial charge in [0.1, 0.15) is 5.82 Å². The molecule has 1 unspecified atom stereocenters. The number of aromatic nitrogens is 1. The molecule has 0 spiro atoms. The first kappa shape index (κ1) is 10.9. The number of rotatable bonds is 3. The van der Waals surface area contributed by atoms with Gasteiger partial charge in [-0.15, -0.1) is 0 Å². The first-order chi connectivity index (χ1) is 7.25. The van der Waals surface area contributed by atoms with Gasteiger partial charge >= 0.3 is 0 Å². The van der Waals surface area contributed by atoms with Gasteiger partial charge in [-0.05, 0) is 54.0 Å². The summed E-state index contributed by atoms with van der Waals surface area (Å²) >= 11 is 3.48. The third-order valence-corrected chi connectivity index (χ3v) is 3.45. The van der Waals surface area contributed by atoms with E-state index in [0.29, 0.717) is 0 Å². The summed E-state index contributed by atoms with van der Waals surface area (Å²) in [5.74, 6) is 1.70. The monoisotopic (exact) mass is 269 g/mol. The maximum Gasteiger partial charge on any atom is 0.140 e. The molecule has 0 bridgehead atoms. The zero-order chi connectivity index (χ0) is 10.7. The molecule has 2 heterocycles. The number of hydrogen-bond acceptors (Lipinski definition) is 3. The molecule has 0 aliphatic carbocycles. The third-order valence-electron chi connectivity index (χ3n) is 2.81. The SMILES string of the molecule is CN1CCC(CNc2ncccc2Br)C1. The average Bonchev–Trinajstić information content (AvgIpc) is 2.63. The van der Waals surface area contributed by atoms with Gasteiger partial charge in [-0.2, -0.15) is 0 Å². The lowest BCUT2D eigenvalue weighted by Gasteiger charge is -2.12. The maximum atomic E-state index is 4.29. The van der Waals surface area contributed by atoms with Crippen molar-refractivity contribution in [3.63, 3.8) is 0 Å². The molecule has 1 aromatic heterocycles. The van der Waals surface area contributed by atoms with Gasteiger partial charge in [-0.25, -0.2) is 4.98 Å². The predicted molar refractivity (Wildman–Crippen MR) is 66.0 cm³/mol. The molecular formula is C11H16BrN3. The van der Waals surface area contributed by atoms with E-state index in [1.165, 1.54) is 19.5 Å². The summed E-state index contributed by atoms with van der Waals surface area (Å²) in [5.41, 5.74) is 0. The molecule has 1 fully saturated rings. The van der Waals surface area contributed by atoms with Gasteiger partial charge in [0.05, 0.1) is 4.47 Å². The Morgan fingerprint density at radius 2 is 2.53 bits per heavy atom. The molecule has 0 aromatic carbocycles. The standard InChI is InChI=1S/C11H16BrN3/c1-15-6-4-9(8-15)7-14-11-10(12)3-2-5-13-11/h2-3,5,9H,4,6-8H2,1H3,(H,13,14). The summed E-state index contributed by atoms with van der Waals surface area (Å²) in [6.45, 7) is 3.42. The Hall–Kier alpha value is -0.610. The first-order valence-electron chi connectivity index (χ1n) is 5.28. The van der Waals surface area contributed by atoms with Crippen molar-refractivity contribution in [3.05, 3.63) is 22.8 Å². The normalized spacial score (nSPS) is 21.9. The Morgan fingerprint density at radius 3 is 3.20 bits per heavy atom. The number of hydrogen-bond donors (Lipinski definition) is 1. The molecule has 1 aliphatic heterocycles. The van der Waals surface area contributed by atoms with Crippen molar-refractivity contribution in [2.45, 2.75) is 6.42 Å². The topological polar surface area (TPSA) is 28.2 Å². The molecule has 1 saturated heterocycles. The number of pyridine rings is 1. The van der Waals surface area contributed by atoms with Crippen molar-refractivity contribution >= 4 is 21.7 Å². The molecule has 0 amide bonds. The minimum Gasteiger partial charge on any atom is -0.369 e. The van der Waals surface area contributed by atoms with Crippen LogP contribution in [0.25, 0.3) is 0 Å². The fourth-order valence-corrected chi connectivity index (χ4v) is 2.34. The van der Waals surface area contributed by atoms with Crippen molar-refractivity contribution in [2.24, 2.45) is 5.92 Å². The van der Waals surface area contributed by atoms with E-state index < -0.39 is 0 Å². The van der Waals surface area contributed by atoms with E-state index in [0.717, 1.165) is 22.8 Å². The van der Waals surface area contributed by atoms with Crippen LogP contribution in [0.1, 0.15) is 6.42 Å². The second kappa shape index (κ2) is 4.94. The lowest BCUT2D eigenvalue weighted by Crippen LogP contribution is -2.19. The Morgan fingerprint density at radius 1 is 1.67 bits per heavy atom. The smallest absolute Gasteiger partial charge is 0.140 e. The lowest BCUT2D eigenvalue weighted by molar-refractivity contribution is 0.399. The summed E-state index contributed by atoms with van der Waals surface area (Å²) < 4.78 is 1.04. The molecule has 82 valence electrons. The van der Waals surface area contributed by atoms with Crippen LogP contribution in [0.3, 0.4) is 0 Å². The van der Waals surface area contributed by atoms with Crippen LogP contribution in [0.5, 0.6) is 0 Å². The van der Waals surface area contributed by atoms with E-state index in [1.807, 2.05) is 18.3 Å². The fraction of sp³-hybridized carbons (Fsp3) is 0.545. The molecule has 3 nitrogen and oxygen atoms in total. The number of likely N-dealkylation sites (tertiary alicyclic amines) is 1. The van der Waals surface area contributed by atoms with Crippen molar-refractivity contribution in [1.29, 1.82) is 0 Å². The maximum absolute atomic E-state index is 4.29. The highest BCUT2D eigenvalue weighted by atomic mass is 79.9. The van der Waals surface area contributed by atoms with Crippen LogP contribution >= 0.6 is 15.9 Å². The highest BCUT2D eigenvalue weighted by Gasteiger charge is 2.19. The highest BCUT2D eigenvalue weighted by Crippen LogP contribution is 2.20. The van der Waals surface area contributed by atoms with Gasteiger partial charge in [0, 0.05) is 19.3 Å². The summed E-state index contributed by atoms with van der Waals surface area (Å²) in [5, 5.41) is 3.39. The van der Waals surface area contributed by atoms with Crippen LogP contribution in [0.4, 0.5) is 5.82 Å². The average molecular weight is 270 g/mol. The van der Waals surface area contributed by atoms with Crippen LogP contribution in [0, 0.1) is 5.92 Å². The molecule has 15 heavy (non-hydrogen) atoms. The second-order valence-corrected chi connectivity index (χ2v) is 4.99. The zero-order valence-electron chi connectivity index (χ0n) is 8.91. The molecule has 1 aliphatic rings. The molecule has 4 heteroatoms. The number of halogens is 1. The van der Waals surface area contributed by atoms with Crippen molar-refractivity contribution in [2.75, 3.05) is 32.0 Å². The van der Waals surface area contributed by atoms with Crippen LogP contribution in [-0.4, -0.2) is 36.6 Å². The molecule has 1 N–H and O–H groups in total. The van der Waals surface area contributed by atoms with E-state index in [1.54, 1.807) is 0 Å². The van der Waals surface area contributed by atoms with Gasteiger partial charge < -0.3 is 10.2 Å². The van der Waals surface area contributed by atoms with E-state index >= 15 is 0 Å². The van der Waals surface area contributed by atoms with Gasteiger partial charge in [-0.3, -0.25) is 0 Å². The third kappa shape index (κ3) is 2.92. The van der Waals surface area contributed by atoms with E-state index in [2.05, 4.69) is 38.2 Å². The Balaban J connectivity index is 1.86. The molecule has 2 rings (SSSR count). The van der Waals surface area contributed by atoms with Crippen LogP contribution in [0.2, 0.25) is 0 Å². The van der Waals surface area contributed by atoms with E-state index in [-0.39, 0.29) is 0 Å². The minimum atomic E-state index is 0.754. The van der Waals surface area contributed by atoms with Gasteiger partial charge in [0.25, 0.3) is 0 Å². The van der Waals surface area contributed by atoms with Gasteiger partial charge in [-0.1, -0.05) is 0 Å². The largest absolute Gasteiger partial charge is 0.369 e. The predicted octanol–water partition coefficient (Wildman–Crippen LogP) is 2.21. The molecule has 1 aromatic rings. The van der Waals surface area contributed by atoms with Crippen molar-refractivity contribution < 1.29 is 0 Å². The molecular weight excluding hydrogens is 254 g/mol. The summed E-state index contributed by atoms with van der Waals surface area (Å²) in [6, 6.07) is 3.94.